The van der Waals surface area contributed by atoms with Crippen LogP contribution in [0.5, 0.6) is 0 Å². The number of hydrogen-bond donors (Lipinski definition) is 0. The molecular formula is C22H30O. The molecule has 1 heteroatoms. The van der Waals surface area contributed by atoms with Crippen LogP contribution in [0.15, 0.2) is 36.4 Å². The van der Waals surface area contributed by atoms with Crippen LogP contribution in [0.4, 0.5) is 0 Å². The molecule has 0 saturated heterocycles. The van der Waals surface area contributed by atoms with Crippen molar-refractivity contribution in [2.75, 3.05) is 0 Å². The van der Waals surface area contributed by atoms with Crippen molar-refractivity contribution in [3.63, 3.8) is 0 Å². The van der Waals surface area contributed by atoms with Crippen molar-refractivity contribution in [1.82, 2.24) is 0 Å². The summed E-state index contributed by atoms with van der Waals surface area (Å²) in [5.74, 6) is 0. The molecule has 0 aliphatic rings. The maximum atomic E-state index is 5.95. The Bertz CT molecular complexity index is 572. The van der Waals surface area contributed by atoms with E-state index in [1.165, 1.54) is 33.4 Å². The molecule has 0 saturated carbocycles. The molecule has 2 aromatic rings. The standard InChI is InChI=1S/C22H30O/c1-5-19-11-9-17(13-21(19)7-3)15-23-16-18-10-12-20(6-2)22(8-4)14-18/h9-14H,5-8,15-16H2,1-4H3. The minimum absolute atomic E-state index is 0.688. The summed E-state index contributed by atoms with van der Waals surface area (Å²) in [5.41, 5.74) is 8.38. The predicted molar refractivity (Wildman–Crippen MR) is 98.9 cm³/mol. The van der Waals surface area contributed by atoms with Crippen LogP contribution in [0.1, 0.15) is 61.1 Å². The van der Waals surface area contributed by atoms with Crippen LogP contribution >= 0.6 is 0 Å². The van der Waals surface area contributed by atoms with Crippen LogP contribution in [0.3, 0.4) is 0 Å². The molecule has 0 radical (unpaired) electrons. The molecule has 23 heavy (non-hydrogen) atoms. The molecule has 2 aromatic carbocycles. The summed E-state index contributed by atoms with van der Waals surface area (Å²) in [6.07, 6.45) is 4.40. The molecule has 0 bridgehead atoms. The van der Waals surface area contributed by atoms with E-state index in [2.05, 4.69) is 64.1 Å². The van der Waals surface area contributed by atoms with E-state index in [9.17, 15) is 0 Å². The first-order chi connectivity index (χ1) is 11.2. The molecule has 0 atom stereocenters. The third-order valence-corrected chi connectivity index (χ3v) is 4.60. The Balaban J connectivity index is 1.97. The lowest BCUT2D eigenvalue weighted by molar-refractivity contribution is 0.107. The highest BCUT2D eigenvalue weighted by Crippen LogP contribution is 2.17. The van der Waals surface area contributed by atoms with Crippen molar-refractivity contribution >= 4 is 0 Å². The molecule has 0 aromatic heterocycles. The molecule has 0 N–H and O–H groups in total. The number of aryl methyl sites for hydroxylation is 4. The summed E-state index contributed by atoms with van der Waals surface area (Å²) in [6.45, 7) is 10.3. The van der Waals surface area contributed by atoms with Gasteiger partial charge < -0.3 is 4.74 Å². The lowest BCUT2D eigenvalue weighted by Crippen LogP contribution is -1.99. The Morgan fingerprint density at radius 2 is 0.957 bits per heavy atom. The van der Waals surface area contributed by atoms with Gasteiger partial charge >= 0.3 is 0 Å². The van der Waals surface area contributed by atoms with Crippen LogP contribution in [0.25, 0.3) is 0 Å². The van der Waals surface area contributed by atoms with Crippen LogP contribution in [-0.4, -0.2) is 0 Å². The minimum atomic E-state index is 0.688. The van der Waals surface area contributed by atoms with Crippen LogP contribution in [0.2, 0.25) is 0 Å². The summed E-state index contributed by atoms with van der Waals surface area (Å²) in [5, 5.41) is 0. The van der Waals surface area contributed by atoms with Gasteiger partial charge in [0, 0.05) is 0 Å². The number of benzene rings is 2. The first kappa shape index (κ1) is 17.7. The monoisotopic (exact) mass is 310 g/mol. The van der Waals surface area contributed by atoms with Crippen LogP contribution in [0, 0.1) is 0 Å². The van der Waals surface area contributed by atoms with Crippen LogP contribution < -0.4 is 0 Å². The molecule has 1 nitrogen and oxygen atoms in total. The fourth-order valence-electron chi connectivity index (χ4n) is 3.17. The molecule has 0 heterocycles. The molecule has 2 rings (SSSR count). The van der Waals surface area contributed by atoms with Crippen molar-refractivity contribution in [2.24, 2.45) is 0 Å². The number of ether oxygens (including phenoxy) is 1. The summed E-state index contributed by atoms with van der Waals surface area (Å²) < 4.78 is 5.95. The van der Waals surface area contributed by atoms with E-state index in [0.29, 0.717) is 13.2 Å². The van der Waals surface area contributed by atoms with Crippen molar-refractivity contribution < 1.29 is 4.74 Å². The van der Waals surface area contributed by atoms with Crippen molar-refractivity contribution in [3.05, 3.63) is 69.8 Å². The quantitative estimate of drug-likeness (QED) is 0.612. The topological polar surface area (TPSA) is 9.23 Å². The Labute approximate surface area is 141 Å². The molecular weight excluding hydrogens is 280 g/mol. The number of rotatable bonds is 8. The van der Waals surface area contributed by atoms with E-state index in [1.54, 1.807) is 0 Å². The average Bonchev–Trinajstić information content (AvgIpc) is 2.61. The van der Waals surface area contributed by atoms with Gasteiger partial charge in [-0.25, -0.2) is 0 Å². The second-order valence-corrected chi connectivity index (χ2v) is 6.11. The fourth-order valence-corrected chi connectivity index (χ4v) is 3.17. The van der Waals surface area contributed by atoms with Gasteiger partial charge in [0.2, 0.25) is 0 Å². The fraction of sp³-hybridized carbons (Fsp3) is 0.455. The Morgan fingerprint density at radius 1 is 0.565 bits per heavy atom. The van der Waals surface area contributed by atoms with Gasteiger partial charge in [0.15, 0.2) is 0 Å². The molecule has 0 amide bonds. The molecule has 0 unspecified atom stereocenters. The first-order valence-electron chi connectivity index (χ1n) is 9.00. The average molecular weight is 310 g/mol. The molecule has 0 aliphatic heterocycles. The third kappa shape index (κ3) is 4.68. The Morgan fingerprint density at radius 3 is 1.30 bits per heavy atom. The molecule has 0 spiro atoms. The number of hydrogen-bond acceptors (Lipinski definition) is 1. The van der Waals surface area contributed by atoms with Crippen molar-refractivity contribution in [2.45, 2.75) is 66.6 Å². The summed E-state index contributed by atoms with van der Waals surface area (Å²) in [7, 11) is 0. The van der Waals surface area contributed by atoms with E-state index in [0.717, 1.165) is 25.7 Å². The zero-order chi connectivity index (χ0) is 16.7. The van der Waals surface area contributed by atoms with Gasteiger partial charge in [-0.3, -0.25) is 0 Å². The first-order valence-corrected chi connectivity index (χ1v) is 9.00. The lowest BCUT2D eigenvalue weighted by atomic mass is 10.00. The molecule has 0 aliphatic carbocycles. The second-order valence-electron chi connectivity index (χ2n) is 6.11. The molecule has 124 valence electrons. The van der Waals surface area contributed by atoms with Gasteiger partial charge in [-0.15, -0.1) is 0 Å². The summed E-state index contributed by atoms with van der Waals surface area (Å²) in [4.78, 5) is 0. The van der Waals surface area contributed by atoms with Gasteiger partial charge in [0.1, 0.15) is 0 Å². The molecule has 0 fully saturated rings. The largest absolute Gasteiger partial charge is 0.372 e. The van der Waals surface area contributed by atoms with Gasteiger partial charge in [0.05, 0.1) is 13.2 Å². The maximum absolute atomic E-state index is 5.95. The highest BCUT2D eigenvalue weighted by molar-refractivity contribution is 5.33. The maximum Gasteiger partial charge on any atom is 0.0721 e. The Kier molecular flexibility index (Phi) is 6.85. The normalized spacial score (nSPS) is 11.0. The SMILES string of the molecule is CCc1ccc(COCc2ccc(CC)c(CC)c2)cc1CC. The Hall–Kier alpha value is -1.60. The zero-order valence-corrected chi connectivity index (χ0v) is 15.1. The van der Waals surface area contributed by atoms with Crippen molar-refractivity contribution in [3.8, 4) is 0 Å². The van der Waals surface area contributed by atoms with Gasteiger partial charge in [-0.1, -0.05) is 64.1 Å². The van der Waals surface area contributed by atoms with E-state index in [1.807, 2.05) is 0 Å². The lowest BCUT2D eigenvalue weighted by Gasteiger charge is -2.11. The summed E-state index contributed by atoms with van der Waals surface area (Å²) in [6, 6.07) is 13.5. The van der Waals surface area contributed by atoms with Gasteiger partial charge in [-0.2, -0.15) is 0 Å². The highest BCUT2D eigenvalue weighted by atomic mass is 16.5. The minimum Gasteiger partial charge on any atom is -0.372 e. The van der Waals surface area contributed by atoms with Gasteiger partial charge in [0.25, 0.3) is 0 Å². The second kappa shape index (κ2) is 8.88. The third-order valence-electron chi connectivity index (χ3n) is 4.60. The van der Waals surface area contributed by atoms with E-state index < -0.39 is 0 Å². The van der Waals surface area contributed by atoms with E-state index in [4.69, 9.17) is 4.74 Å². The van der Waals surface area contributed by atoms with Crippen molar-refractivity contribution in [1.29, 1.82) is 0 Å². The predicted octanol–water partition coefficient (Wildman–Crippen LogP) is 5.65. The highest BCUT2D eigenvalue weighted by Gasteiger charge is 2.04. The van der Waals surface area contributed by atoms with E-state index in [-0.39, 0.29) is 0 Å². The summed E-state index contributed by atoms with van der Waals surface area (Å²) >= 11 is 0. The van der Waals surface area contributed by atoms with E-state index >= 15 is 0 Å². The van der Waals surface area contributed by atoms with Crippen LogP contribution in [-0.2, 0) is 43.6 Å². The smallest absolute Gasteiger partial charge is 0.0721 e. The van der Waals surface area contributed by atoms with Gasteiger partial charge in [-0.05, 0) is 59.1 Å². The zero-order valence-electron chi connectivity index (χ0n) is 15.1.